The molecular formula is C29H30N4O2. The second-order valence-electron chi connectivity index (χ2n) is 9.29. The molecule has 178 valence electrons. The zero-order valence-electron chi connectivity index (χ0n) is 20.7. The van der Waals surface area contributed by atoms with E-state index < -0.39 is 0 Å². The Morgan fingerprint density at radius 1 is 0.943 bits per heavy atom. The van der Waals surface area contributed by atoms with Gasteiger partial charge in [-0.1, -0.05) is 24.3 Å². The van der Waals surface area contributed by atoms with Crippen molar-refractivity contribution in [2.24, 2.45) is 0 Å². The Morgan fingerprint density at radius 3 is 2.49 bits per heavy atom. The van der Waals surface area contributed by atoms with E-state index in [9.17, 15) is 4.79 Å². The molecule has 1 amide bonds. The first kappa shape index (κ1) is 22.8. The smallest absolute Gasteiger partial charge is 0.258 e. The molecule has 6 heteroatoms. The number of benzene rings is 2. The lowest BCUT2D eigenvalue weighted by molar-refractivity contribution is 0.0740. The molecule has 0 bridgehead atoms. The van der Waals surface area contributed by atoms with Crippen LogP contribution < -0.4 is 4.74 Å². The summed E-state index contributed by atoms with van der Waals surface area (Å²) >= 11 is 0. The highest BCUT2D eigenvalue weighted by atomic mass is 16.5. The minimum absolute atomic E-state index is 0.0301. The number of rotatable bonds is 5. The third-order valence-corrected chi connectivity index (χ3v) is 6.49. The fourth-order valence-electron chi connectivity index (χ4n) is 4.82. The summed E-state index contributed by atoms with van der Waals surface area (Å²) in [6, 6.07) is 16.5. The molecule has 1 aliphatic rings. The lowest BCUT2D eigenvalue weighted by Crippen LogP contribution is -2.32. The lowest BCUT2D eigenvalue weighted by atomic mass is 9.94. The standard InChI is InChI=1S/C29H30N4O2/c1-19-13-21(3)31-24(14-19)18-33-11-12-35-28-26(25-8-6-5-7-20(25)2)15-23(16-27(28)29(33)34)17-32-10-9-30-22(32)4/h5-10,13-16H,11-12,17-18H2,1-4H3. The second-order valence-corrected chi connectivity index (χ2v) is 9.29. The SMILES string of the molecule is Cc1cc(C)nc(CN2CCOc3c(cc(Cn4ccnc4C)cc3-c3ccccc3C)C2=O)c1. The molecular weight excluding hydrogens is 436 g/mol. The molecule has 6 nitrogen and oxygen atoms in total. The Hall–Kier alpha value is -3.93. The van der Waals surface area contributed by atoms with Crippen molar-refractivity contribution in [3.8, 4) is 16.9 Å². The maximum atomic E-state index is 13.9. The summed E-state index contributed by atoms with van der Waals surface area (Å²) in [6.45, 7) is 10.1. The Bertz CT molecular complexity index is 1390. The van der Waals surface area contributed by atoms with Gasteiger partial charge in [-0.3, -0.25) is 9.78 Å². The van der Waals surface area contributed by atoms with Crippen LogP contribution in [-0.4, -0.2) is 38.5 Å². The van der Waals surface area contributed by atoms with Gasteiger partial charge in [0.05, 0.1) is 24.3 Å². The summed E-state index contributed by atoms with van der Waals surface area (Å²) in [5.41, 5.74) is 7.79. The van der Waals surface area contributed by atoms with Crippen molar-refractivity contribution in [3.63, 3.8) is 0 Å². The molecule has 0 fully saturated rings. The molecule has 0 spiro atoms. The van der Waals surface area contributed by atoms with Gasteiger partial charge >= 0.3 is 0 Å². The van der Waals surface area contributed by atoms with Crippen molar-refractivity contribution in [1.29, 1.82) is 0 Å². The number of amides is 1. The van der Waals surface area contributed by atoms with Crippen LogP contribution >= 0.6 is 0 Å². The number of nitrogens with zero attached hydrogens (tertiary/aromatic N) is 4. The minimum Gasteiger partial charge on any atom is -0.490 e. The molecule has 4 aromatic rings. The number of ether oxygens (including phenoxy) is 1. The summed E-state index contributed by atoms with van der Waals surface area (Å²) in [5, 5.41) is 0. The predicted octanol–water partition coefficient (Wildman–Crippen LogP) is 5.26. The van der Waals surface area contributed by atoms with Gasteiger partial charge in [-0.05, 0) is 74.2 Å². The molecule has 2 aromatic heterocycles. The van der Waals surface area contributed by atoms with Gasteiger partial charge < -0.3 is 14.2 Å². The molecule has 0 saturated heterocycles. The summed E-state index contributed by atoms with van der Waals surface area (Å²) < 4.78 is 8.37. The Labute approximate surface area is 206 Å². The van der Waals surface area contributed by atoms with Crippen LogP contribution in [0.5, 0.6) is 5.75 Å². The molecule has 2 aromatic carbocycles. The second kappa shape index (κ2) is 9.37. The van der Waals surface area contributed by atoms with Gasteiger partial charge in [-0.15, -0.1) is 0 Å². The van der Waals surface area contributed by atoms with Gasteiger partial charge in [-0.2, -0.15) is 0 Å². The molecule has 1 aliphatic heterocycles. The van der Waals surface area contributed by atoms with E-state index in [0.29, 0.717) is 37.6 Å². The van der Waals surface area contributed by atoms with Crippen LogP contribution in [-0.2, 0) is 13.1 Å². The highest BCUT2D eigenvalue weighted by molar-refractivity contribution is 6.00. The zero-order chi connectivity index (χ0) is 24.5. The van der Waals surface area contributed by atoms with E-state index in [0.717, 1.165) is 45.0 Å². The number of hydrogen-bond donors (Lipinski definition) is 0. The van der Waals surface area contributed by atoms with E-state index in [4.69, 9.17) is 4.74 Å². The normalized spacial score (nSPS) is 13.4. The van der Waals surface area contributed by atoms with Crippen LogP contribution in [0, 0.1) is 27.7 Å². The highest BCUT2D eigenvalue weighted by Gasteiger charge is 2.28. The number of carbonyl (C=O) groups is 1. The van der Waals surface area contributed by atoms with Gasteiger partial charge in [0.25, 0.3) is 5.91 Å². The van der Waals surface area contributed by atoms with Gasteiger partial charge in [0.2, 0.25) is 0 Å². The number of pyridine rings is 1. The fourth-order valence-corrected chi connectivity index (χ4v) is 4.82. The largest absolute Gasteiger partial charge is 0.490 e. The number of carbonyl (C=O) groups excluding carboxylic acids is 1. The number of hydrogen-bond acceptors (Lipinski definition) is 4. The van der Waals surface area contributed by atoms with E-state index in [2.05, 4.69) is 46.6 Å². The highest BCUT2D eigenvalue weighted by Crippen LogP contribution is 2.38. The lowest BCUT2D eigenvalue weighted by Gasteiger charge is -2.21. The Morgan fingerprint density at radius 2 is 1.74 bits per heavy atom. The van der Waals surface area contributed by atoms with Crippen LogP contribution in [0.25, 0.3) is 11.1 Å². The molecule has 0 N–H and O–H groups in total. The number of imidazole rings is 1. The zero-order valence-corrected chi connectivity index (χ0v) is 20.7. The molecule has 5 rings (SSSR count). The van der Waals surface area contributed by atoms with Crippen LogP contribution in [0.15, 0.2) is 60.9 Å². The van der Waals surface area contributed by atoms with Crippen LogP contribution in [0.3, 0.4) is 0 Å². The maximum Gasteiger partial charge on any atom is 0.258 e. The van der Waals surface area contributed by atoms with Crippen LogP contribution in [0.2, 0.25) is 0 Å². The first-order chi connectivity index (χ1) is 16.9. The van der Waals surface area contributed by atoms with E-state index >= 15 is 0 Å². The minimum atomic E-state index is -0.0301. The maximum absolute atomic E-state index is 13.9. The fraction of sp³-hybridized carbons (Fsp3) is 0.276. The third-order valence-electron chi connectivity index (χ3n) is 6.49. The quantitative estimate of drug-likeness (QED) is 0.402. The van der Waals surface area contributed by atoms with Gasteiger partial charge in [0, 0.05) is 30.2 Å². The van der Waals surface area contributed by atoms with Crippen molar-refractivity contribution < 1.29 is 9.53 Å². The topological polar surface area (TPSA) is 60.3 Å². The Kier molecular flexibility index (Phi) is 6.12. The average molecular weight is 467 g/mol. The number of fused-ring (bicyclic) bond motifs is 1. The number of aromatic nitrogens is 3. The molecule has 0 unspecified atom stereocenters. The molecule has 3 heterocycles. The van der Waals surface area contributed by atoms with Crippen molar-refractivity contribution in [2.75, 3.05) is 13.2 Å². The molecule has 0 aliphatic carbocycles. The van der Waals surface area contributed by atoms with Gasteiger partial charge in [-0.25, -0.2) is 4.98 Å². The van der Waals surface area contributed by atoms with Crippen molar-refractivity contribution in [1.82, 2.24) is 19.4 Å². The summed E-state index contributed by atoms with van der Waals surface area (Å²) in [5.74, 6) is 1.56. The summed E-state index contributed by atoms with van der Waals surface area (Å²) in [7, 11) is 0. The van der Waals surface area contributed by atoms with Crippen molar-refractivity contribution in [3.05, 3.63) is 100 Å². The van der Waals surface area contributed by atoms with E-state index in [1.165, 1.54) is 0 Å². The van der Waals surface area contributed by atoms with Gasteiger partial charge in [0.1, 0.15) is 18.2 Å². The van der Waals surface area contributed by atoms with E-state index in [1.54, 1.807) is 6.20 Å². The first-order valence-electron chi connectivity index (χ1n) is 12.0. The average Bonchev–Trinajstić information content (AvgIpc) is 3.15. The predicted molar refractivity (Wildman–Crippen MR) is 137 cm³/mol. The first-order valence-corrected chi connectivity index (χ1v) is 12.0. The monoisotopic (exact) mass is 466 g/mol. The summed E-state index contributed by atoms with van der Waals surface area (Å²) in [6.07, 6.45) is 3.76. The molecule has 35 heavy (non-hydrogen) atoms. The van der Waals surface area contributed by atoms with E-state index in [1.807, 2.05) is 55.3 Å². The Balaban J connectivity index is 1.60. The third kappa shape index (κ3) is 4.69. The van der Waals surface area contributed by atoms with Crippen molar-refractivity contribution >= 4 is 5.91 Å². The molecule has 0 atom stereocenters. The van der Waals surface area contributed by atoms with E-state index in [-0.39, 0.29) is 5.91 Å². The van der Waals surface area contributed by atoms with Crippen molar-refractivity contribution in [2.45, 2.75) is 40.8 Å². The summed E-state index contributed by atoms with van der Waals surface area (Å²) in [4.78, 5) is 24.8. The molecule has 0 saturated carbocycles. The molecule has 0 radical (unpaired) electrons. The number of aryl methyl sites for hydroxylation is 4. The van der Waals surface area contributed by atoms with Gasteiger partial charge in [0.15, 0.2) is 0 Å². The van der Waals surface area contributed by atoms with Crippen LogP contribution in [0.1, 0.15) is 44.3 Å². The van der Waals surface area contributed by atoms with Crippen LogP contribution in [0.4, 0.5) is 0 Å².